The molecule has 0 bridgehead atoms. The molecule has 0 radical (unpaired) electrons. The van der Waals surface area contributed by atoms with E-state index in [0.717, 1.165) is 6.07 Å². The second-order valence-corrected chi connectivity index (χ2v) is 7.96. The highest BCUT2D eigenvalue weighted by atomic mass is 31.2. The molecule has 0 saturated heterocycles. The van der Waals surface area contributed by atoms with Gasteiger partial charge < -0.3 is 14.4 Å². The normalized spacial score (nSPS) is 13.5. The van der Waals surface area contributed by atoms with Gasteiger partial charge in [-0.2, -0.15) is 13.2 Å². The number of nitrogens with zero attached hydrogens (tertiary/aromatic N) is 1. The van der Waals surface area contributed by atoms with Crippen LogP contribution < -0.4 is 5.32 Å². The first-order valence-electron chi connectivity index (χ1n) is 7.70. The minimum atomic E-state index is -4.49. The van der Waals surface area contributed by atoms with E-state index in [9.17, 15) is 17.7 Å². The predicted molar refractivity (Wildman–Crippen MR) is 93.1 cm³/mol. The van der Waals surface area contributed by atoms with Gasteiger partial charge in [-0.15, -0.1) is 0 Å². The van der Waals surface area contributed by atoms with Crippen molar-refractivity contribution in [3.05, 3.63) is 58.9 Å². The molecule has 9 heteroatoms. The van der Waals surface area contributed by atoms with E-state index in [0.29, 0.717) is 11.4 Å². The van der Waals surface area contributed by atoms with Gasteiger partial charge in [0.2, 0.25) is 0 Å². The van der Waals surface area contributed by atoms with E-state index in [4.69, 9.17) is 9.05 Å². The van der Waals surface area contributed by atoms with Crippen molar-refractivity contribution < 1.29 is 26.8 Å². The maximum Gasteiger partial charge on any atom is 0.416 e. The van der Waals surface area contributed by atoms with Crippen molar-refractivity contribution in [2.45, 2.75) is 25.8 Å². The summed E-state index contributed by atoms with van der Waals surface area (Å²) >= 11 is 0. The molecule has 5 nitrogen and oxygen atoms in total. The Morgan fingerprint density at radius 2 is 1.69 bits per heavy atom. The standard InChI is InChI=1S/C17H20F3N2O3P/c1-11-7-5-10-15(21-11)16(26(23,24-3)25-4)22-14-9-6-8-13(12(14)2)17(18,19)20/h5-10,16,22H,1-4H3. The van der Waals surface area contributed by atoms with Gasteiger partial charge in [0.15, 0.2) is 5.78 Å². The molecule has 142 valence electrons. The van der Waals surface area contributed by atoms with Crippen LogP contribution in [-0.4, -0.2) is 19.2 Å². The molecule has 2 aromatic rings. The Hall–Kier alpha value is -1.89. The summed E-state index contributed by atoms with van der Waals surface area (Å²) in [5.74, 6) is -1.07. The van der Waals surface area contributed by atoms with Crippen molar-refractivity contribution in [2.24, 2.45) is 0 Å². The zero-order chi connectivity index (χ0) is 19.5. The van der Waals surface area contributed by atoms with Gasteiger partial charge in [0.25, 0.3) is 0 Å². The Kier molecular flexibility index (Phi) is 6.11. The van der Waals surface area contributed by atoms with E-state index < -0.39 is 25.1 Å². The minimum Gasteiger partial charge on any atom is -0.366 e. The second kappa shape index (κ2) is 7.78. The molecule has 1 atom stereocenters. The maximum absolute atomic E-state index is 13.2. The summed E-state index contributed by atoms with van der Waals surface area (Å²) < 4.78 is 62.6. The fourth-order valence-corrected chi connectivity index (χ4v) is 3.90. The maximum atomic E-state index is 13.2. The second-order valence-electron chi connectivity index (χ2n) is 5.63. The summed E-state index contributed by atoms with van der Waals surface area (Å²) in [6.07, 6.45) is -4.49. The predicted octanol–water partition coefficient (Wildman–Crippen LogP) is 5.31. The molecule has 1 aromatic heterocycles. The Bertz CT molecular complexity index is 819. The Labute approximate surface area is 150 Å². The lowest BCUT2D eigenvalue weighted by Crippen LogP contribution is -2.17. The average molecular weight is 388 g/mol. The van der Waals surface area contributed by atoms with Gasteiger partial charge in [-0.3, -0.25) is 9.55 Å². The van der Waals surface area contributed by atoms with Crippen LogP contribution in [0.25, 0.3) is 0 Å². The van der Waals surface area contributed by atoms with Gasteiger partial charge in [-0.25, -0.2) is 0 Å². The summed E-state index contributed by atoms with van der Waals surface area (Å²) in [7, 11) is -1.30. The lowest BCUT2D eigenvalue weighted by Gasteiger charge is -2.27. The van der Waals surface area contributed by atoms with Crippen molar-refractivity contribution in [2.75, 3.05) is 19.5 Å². The van der Waals surface area contributed by atoms with Crippen LogP contribution in [0.4, 0.5) is 18.9 Å². The molecule has 1 unspecified atom stereocenters. The third-order valence-corrected chi connectivity index (χ3v) is 5.99. The number of anilines is 1. The first-order chi connectivity index (χ1) is 12.1. The van der Waals surface area contributed by atoms with Crippen LogP contribution in [0, 0.1) is 13.8 Å². The third-order valence-electron chi connectivity index (χ3n) is 3.95. The van der Waals surface area contributed by atoms with Crippen LogP contribution in [0.1, 0.15) is 28.3 Å². The monoisotopic (exact) mass is 388 g/mol. The van der Waals surface area contributed by atoms with Crippen LogP contribution in [0.2, 0.25) is 0 Å². The van der Waals surface area contributed by atoms with Gasteiger partial charge in [0.05, 0.1) is 11.3 Å². The minimum absolute atomic E-state index is 0.0172. The number of hydrogen-bond donors (Lipinski definition) is 1. The van der Waals surface area contributed by atoms with Gasteiger partial charge in [-0.05, 0) is 43.7 Å². The molecule has 0 spiro atoms. The largest absolute Gasteiger partial charge is 0.416 e. The lowest BCUT2D eigenvalue weighted by molar-refractivity contribution is -0.138. The molecule has 1 aromatic carbocycles. The Morgan fingerprint density at radius 1 is 1.08 bits per heavy atom. The highest BCUT2D eigenvalue weighted by Crippen LogP contribution is 2.59. The fraction of sp³-hybridized carbons (Fsp3) is 0.353. The van der Waals surface area contributed by atoms with Gasteiger partial charge >= 0.3 is 13.8 Å². The van der Waals surface area contributed by atoms with Gasteiger partial charge in [0, 0.05) is 25.6 Å². The summed E-state index contributed by atoms with van der Waals surface area (Å²) in [4.78, 5) is 4.32. The SMILES string of the molecule is COP(=O)(OC)C(Nc1cccc(C(F)(F)F)c1C)c1cccc(C)n1. The zero-order valence-corrected chi connectivity index (χ0v) is 15.7. The van der Waals surface area contributed by atoms with Crippen LogP contribution in [0.15, 0.2) is 36.4 Å². The van der Waals surface area contributed by atoms with E-state index in [-0.39, 0.29) is 11.3 Å². The van der Waals surface area contributed by atoms with Crippen LogP contribution >= 0.6 is 7.60 Å². The van der Waals surface area contributed by atoms with E-state index in [2.05, 4.69) is 10.3 Å². The topological polar surface area (TPSA) is 60.5 Å². The highest BCUT2D eigenvalue weighted by Gasteiger charge is 2.38. The van der Waals surface area contributed by atoms with Gasteiger partial charge in [-0.1, -0.05) is 12.1 Å². The zero-order valence-electron chi connectivity index (χ0n) is 14.8. The van der Waals surface area contributed by atoms with Crippen molar-refractivity contribution in [1.29, 1.82) is 0 Å². The number of pyridine rings is 1. The van der Waals surface area contributed by atoms with Crippen molar-refractivity contribution in [3.63, 3.8) is 0 Å². The molecular formula is C17H20F3N2O3P. The number of hydrogen-bond acceptors (Lipinski definition) is 5. The van der Waals surface area contributed by atoms with Gasteiger partial charge in [0.1, 0.15) is 0 Å². The van der Waals surface area contributed by atoms with Crippen LogP contribution in [0.3, 0.4) is 0 Å². The molecule has 0 aliphatic heterocycles. The Balaban J connectivity index is 2.54. The number of rotatable bonds is 6. The number of halogens is 3. The quantitative estimate of drug-likeness (QED) is 0.680. The van der Waals surface area contributed by atoms with E-state index in [1.54, 1.807) is 25.1 Å². The molecule has 0 amide bonds. The average Bonchev–Trinajstić information content (AvgIpc) is 2.59. The molecule has 0 aliphatic carbocycles. The summed E-state index contributed by atoms with van der Waals surface area (Å²) in [6, 6.07) is 8.82. The number of benzene rings is 1. The van der Waals surface area contributed by atoms with Crippen molar-refractivity contribution in [1.82, 2.24) is 4.98 Å². The van der Waals surface area contributed by atoms with E-state index in [1.807, 2.05) is 0 Å². The van der Waals surface area contributed by atoms with E-state index >= 15 is 0 Å². The lowest BCUT2D eigenvalue weighted by atomic mass is 10.1. The first-order valence-corrected chi connectivity index (χ1v) is 9.31. The van der Waals surface area contributed by atoms with E-state index in [1.165, 1.54) is 33.3 Å². The fourth-order valence-electron chi connectivity index (χ4n) is 2.56. The molecule has 1 heterocycles. The van der Waals surface area contributed by atoms with Crippen LogP contribution in [-0.2, 0) is 19.8 Å². The number of aryl methyl sites for hydroxylation is 1. The smallest absolute Gasteiger partial charge is 0.366 e. The van der Waals surface area contributed by atoms with Crippen molar-refractivity contribution >= 4 is 13.3 Å². The molecule has 0 saturated carbocycles. The molecule has 0 fully saturated rings. The molecule has 0 aliphatic rings. The Morgan fingerprint density at radius 3 is 2.23 bits per heavy atom. The summed E-state index contributed by atoms with van der Waals surface area (Å²) in [5.41, 5.74) is 0.379. The summed E-state index contributed by atoms with van der Waals surface area (Å²) in [5, 5.41) is 2.87. The summed E-state index contributed by atoms with van der Waals surface area (Å²) in [6.45, 7) is 3.09. The number of nitrogens with one attached hydrogen (secondary N) is 1. The first kappa shape index (κ1) is 20.4. The van der Waals surface area contributed by atoms with Crippen LogP contribution in [0.5, 0.6) is 0 Å². The molecule has 2 rings (SSSR count). The number of alkyl halides is 3. The molecular weight excluding hydrogens is 368 g/mol. The van der Waals surface area contributed by atoms with Crippen molar-refractivity contribution in [3.8, 4) is 0 Å². The third kappa shape index (κ3) is 4.26. The molecule has 26 heavy (non-hydrogen) atoms. The highest BCUT2D eigenvalue weighted by molar-refractivity contribution is 7.54. The number of aromatic nitrogens is 1. The molecule has 1 N–H and O–H groups in total.